The molecule has 1 aliphatic rings. The molecule has 3 N–H and O–H groups in total. The summed E-state index contributed by atoms with van der Waals surface area (Å²) in [6.45, 7) is 0. The normalized spacial score (nSPS) is 19.1. The Hall–Kier alpha value is -3.26. The Kier molecular flexibility index (Phi) is 7.36. The number of carbonyl (C=O) groups is 2. The Labute approximate surface area is 202 Å². The number of fused-ring (bicyclic) bond motifs is 1. The average molecular weight is 544 g/mol. The van der Waals surface area contributed by atoms with Gasteiger partial charge in [0.1, 0.15) is 22.7 Å². The average Bonchev–Trinajstić information content (AvgIpc) is 3.21. The van der Waals surface area contributed by atoms with Gasteiger partial charge in [-0.1, -0.05) is 35.3 Å². The Morgan fingerprint density at radius 3 is 2.40 bits per heavy atom. The standard InChI is InChI=1S/C19H13Cl2F6N5O3/c20-10(15(21)17(34)35)7-28-30-16(33)12-6-14-29-11(8-1-3-9(22)4-2-8)5-13(32(14)31-12)18(23,24)19(25,26)27/h1-4,6-7,11,13,29H,5H2,(H,30,33)(H,34,35)/b15-10+,28-7-/t11-,13+/m1/s1. The number of nitrogens with zero attached hydrogens (tertiary/aromatic N) is 3. The number of hydrogen-bond acceptors (Lipinski definition) is 5. The summed E-state index contributed by atoms with van der Waals surface area (Å²) in [7, 11) is 0. The Bertz CT molecular complexity index is 1200. The van der Waals surface area contributed by atoms with E-state index >= 15 is 0 Å². The molecule has 1 amide bonds. The highest BCUT2D eigenvalue weighted by atomic mass is 35.5. The molecular weight excluding hydrogens is 531 g/mol. The second-order valence-electron chi connectivity index (χ2n) is 7.15. The minimum Gasteiger partial charge on any atom is -0.477 e. The highest BCUT2D eigenvalue weighted by molar-refractivity contribution is 6.51. The number of hydrazone groups is 1. The van der Waals surface area contributed by atoms with Crippen molar-refractivity contribution in [3.8, 4) is 0 Å². The highest BCUT2D eigenvalue weighted by Crippen LogP contribution is 2.50. The topological polar surface area (TPSA) is 109 Å². The molecule has 188 valence electrons. The summed E-state index contributed by atoms with van der Waals surface area (Å²) in [5.41, 5.74) is 1.52. The molecule has 3 rings (SSSR count). The van der Waals surface area contributed by atoms with Gasteiger partial charge in [-0.2, -0.15) is 32.2 Å². The first kappa shape index (κ1) is 26.3. The van der Waals surface area contributed by atoms with E-state index in [-0.39, 0.29) is 11.4 Å². The smallest absolute Gasteiger partial charge is 0.455 e. The van der Waals surface area contributed by atoms with Gasteiger partial charge in [-0.3, -0.25) is 4.79 Å². The van der Waals surface area contributed by atoms with Crippen molar-refractivity contribution in [1.29, 1.82) is 0 Å². The third-order valence-corrected chi connectivity index (χ3v) is 5.60. The number of carboxylic acid groups (broad SMARTS) is 1. The third kappa shape index (κ3) is 5.53. The van der Waals surface area contributed by atoms with Gasteiger partial charge < -0.3 is 10.4 Å². The van der Waals surface area contributed by atoms with Crippen LogP contribution in [0.1, 0.15) is 34.6 Å². The number of allylic oxidation sites excluding steroid dienone is 1. The zero-order valence-corrected chi connectivity index (χ0v) is 18.5. The number of carboxylic acids is 1. The highest BCUT2D eigenvalue weighted by Gasteiger charge is 2.64. The summed E-state index contributed by atoms with van der Waals surface area (Å²) in [4.78, 5) is 23.0. The SMILES string of the molecule is O=C(O)/C(Cl)=C(Cl)/C=N\NC(=O)c1cc2n(n1)[C@H](C(F)(F)C(F)(F)F)C[C@H](c1ccc(F)cc1)N2. The summed E-state index contributed by atoms with van der Waals surface area (Å²) in [6, 6.07) is 1.79. The van der Waals surface area contributed by atoms with E-state index in [0.717, 1.165) is 18.2 Å². The van der Waals surface area contributed by atoms with Crippen molar-refractivity contribution in [2.24, 2.45) is 5.10 Å². The van der Waals surface area contributed by atoms with E-state index in [1.807, 2.05) is 5.43 Å². The molecule has 0 radical (unpaired) electrons. The summed E-state index contributed by atoms with van der Waals surface area (Å²) in [6.07, 6.45) is -6.06. The van der Waals surface area contributed by atoms with E-state index < -0.39 is 64.1 Å². The molecule has 35 heavy (non-hydrogen) atoms. The van der Waals surface area contributed by atoms with Crippen LogP contribution in [0.5, 0.6) is 0 Å². The first-order valence-corrected chi connectivity index (χ1v) is 10.2. The monoisotopic (exact) mass is 543 g/mol. The summed E-state index contributed by atoms with van der Waals surface area (Å²) < 4.78 is 82.0. The Morgan fingerprint density at radius 1 is 1.20 bits per heavy atom. The number of anilines is 1. The zero-order valence-electron chi connectivity index (χ0n) is 17.0. The number of alkyl halides is 5. The minimum atomic E-state index is -5.93. The number of rotatable bonds is 6. The molecule has 0 fully saturated rings. The second kappa shape index (κ2) is 9.77. The molecule has 1 aromatic heterocycles. The molecule has 8 nitrogen and oxygen atoms in total. The fourth-order valence-electron chi connectivity index (χ4n) is 3.18. The second-order valence-corrected chi connectivity index (χ2v) is 7.93. The molecule has 0 saturated heterocycles. The lowest BCUT2D eigenvalue weighted by molar-refractivity contribution is -0.301. The number of hydrogen-bond donors (Lipinski definition) is 3. The van der Waals surface area contributed by atoms with Crippen molar-refractivity contribution >= 4 is 47.1 Å². The molecule has 2 atom stereocenters. The maximum atomic E-state index is 14.4. The van der Waals surface area contributed by atoms with Gasteiger partial charge in [0, 0.05) is 12.5 Å². The molecular formula is C19H13Cl2F6N5O3. The van der Waals surface area contributed by atoms with Crippen molar-refractivity contribution in [3.05, 3.63) is 57.5 Å². The Balaban J connectivity index is 1.93. The number of nitrogens with one attached hydrogen (secondary N) is 2. The van der Waals surface area contributed by atoms with Crippen LogP contribution in [0.25, 0.3) is 0 Å². The van der Waals surface area contributed by atoms with Crippen LogP contribution in [-0.4, -0.2) is 45.1 Å². The van der Waals surface area contributed by atoms with E-state index in [0.29, 0.717) is 10.9 Å². The lowest BCUT2D eigenvalue weighted by Crippen LogP contribution is -2.47. The van der Waals surface area contributed by atoms with Gasteiger partial charge in [-0.25, -0.2) is 19.3 Å². The van der Waals surface area contributed by atoms with Crippen molar-refractivity contribution < 1.29 is 41.0 Å². The Morgan fingerprint density at radius 2 is 1.83 bits per heavy atom. The van der Waals surface area contributed by atoms with Crippen LogP contribution in [0.3, 0.4) is 0 Å². The predicted octanol–water partition coefficient (Wildman–Crippen LogP) is 4.81. The quantitative estimate of drug-likeness (QED) is 0.210. The number of amides is 1. The van der Waals surface area contributed by atoms with Gasteiger partial charge in [0.15, 0.2) is 5.69 Å². The number of benzene rings is 1. The van der Waals surface area contributed by atoms with Gasteiger partial charge in [-0.15, -0.1) is 0 Å². The third-order valence-electron chi connectivity index (χ3n) is 4.85. The molecule has 1 aromatic carbocycles. The molecule has 2 heterocycles. The van der Waals surface area contributed by atoms with E-state index in [1.54, 1.807) is 0 Å². The molecule has 16 heteroatoms. The first-order chi connectivity index (χ1) is 16.2. The van der Waals surface area contributed by atoms with Crippen LogP contribution >= 0.6 is 23.2 Å². The molecule has 0 bridgehead atoms. The van der Waals surface area contributed by atoms with Crippen LogP contribution < -0.4 is 10.7 Å². The summed E-state index contributed by atoms with van der Waals surface area (Å²) in [5.74, 6) is -8.90. The minimum absolute atomic E-state index is 0.231. The lowest BCUT2D eigenvalue weighted by atomic mass is 9.93. The van der Waals surface area contributed by atoms with Crippen LogP contribution in [0.15, 0.2) is 45.5 Å². The van der Waals surface area contributed by atoms with Crippen molar-refractivity contribution in [1.82, 2.24) is 15.2 Å². The molecule has 0 aliphatic carbocycles. The molecule has 0 saturated carbocycles. The van der Waals surface area contributed by atoms with Crippen molar-refractivity contribution in [2.75, 3.05) is 5.32 Å². The number of aromatic nitrogens is 2. The van der Waals surface area contributed by atoms with Gasteiger partial charge >= 0.3 is 18.1 Å². The predicted molar refractivity (Wildman–Crippen MR) is 112 cm³/mol. The van der Waals surface area contributed by atoms with Crippen LogP contribution in [-0.2, 0) is 4.79 Å². The largest absolute Gasteiger partial charge is 0.477 e. The van der Waals surface area contributed by atoms with Crippen molar-refractivity contribution in [3.63, 3.8) is 0 Å². The van der Waals surface area contributed by atoms with Crippen LogP contribution in [0.4, 0.5) is 32.2 Å². The van der Waals surface area contributed by atoms with Gasteiger partial charge in [-0.05, 0) is 17.7 Å². The number of carbonyl (C=O) groups excluding carboxylic acids is 1. The summed E-state index contributed by atoms with van der Waals surface area (Å²) in [5, 5.41) is 17.0. The zero-order chi connectivity index (χ0) is 26.1. The van der Waals surface area contributed by atoms with E-state index in [9.17, 15) is 35.9 Å². The van der Waals surface area contributed by atoms with E-state index in [4.69, 9.17) is 28.3 Å². The van der Waals surface area contributed by atoms with E-state index in [2.05, 4.69) is 15.5 Å². The van der Waals surface area contributed by atoms with Gasteiger partial charge in [0.25, 0.3) is 5.91 Å². The molecule has 2 aromatic rings. The maximum Gasteiger partial charge on any atom is 0.455 e. The van der Waals surface area contributed by atoms with Crippen LogP contribution in [0, 0.1) is 5.82 Å². The maximum absolute atomic E-state index is 14.4. The van der Waals surface area contributed by atoms with E-state index in [1.165, 1.54) is 12.1 Å². The molecule has 1 aliphatic heterocycles. The summed E-state index contributed by atoms with van der Waals surface area (Å²) >= 11 is 10.9. The van der Waals surface area contributed by atoms with Gasteiger partial charge in [0.05, 0.1) is 17.3 Å². The van der Waals surface area contributed by atoms with Crippen molar-refractivity contribution in [2.45, 2.75) is 30.6 Å². The van der Waals surface area contributed by atoms with Crippen LogP contribution in [0.2, 0.25) is 0 Å². The lowest BCUT2D eigenvalue weighted by Gasteiger charge is -2.37. The number of aliphatic carboxylic acids is 1. The fourth-order valence-corrected chi connectivity index (χ4v) is 3.36. The molecule has 0 unspecified atom stereocenters. The number of halogens is 8. The first-order valence-electron chi connectivity index (χ1n) is 9.40. The van der Waals surface area contributed by atoms with Gasteiger partial charge in [0.2, 0.25) is 0 Å². The fraction of sp³-hybridized carbons (Fsp3) is 0.263. The molecule has 0 spiro atoms.